The largest absolute Gasteiger partial charge is 0.315 e. The van der Waals surface area contributed by atoms with Gasteiger partial charge in [0.05, 0.1) is 5.69 Å². The average molecular weight is 315 g/mol. The number of halogens is 1. The van der Waals surface area contributed by atoms with Gasteiger partial charge < -0.3 is 5.32 Å². The van der Waals surface area contributed by atoms with Gasteiger partial charge in [0.25, 0.3) is 0 Å². The standard InChI is InChI=1S/C17H15ClN2S/c1-19-11-15-16(12-5-3-2-4-6-12)20-17(21-15)13-7-9-14(18)10-8-13/h2-10,19H,11H2,1H3. The van der Waals surface area contributed by atoms with Crippen LogP contribution in [0, 0.1) is 0 Å². The first kappa shape index (κ1) is 14.3. The maximum atomic E-state index is 5.95. The van der Waals surface area contributed by atoms with Crippen LogP contribution < -0.4 is 5.32 Å². The Morgan fingerprint density at radius 3 is 2.38 bits per heavy atom. The van der Waals surface area contributed by atoms with Crippen molar-refractivity contribution in [1.29, 1.82) is 0 Å². The Bertz CT molecular complexity index is 720. The van der Waals surface area contributed by atoms with Crippen molar-refractivity contribution in [3.8, 4) is 21.8 Å². The van der Waals surface area contributed by atoms with E-state index in [1.807, 2.05) is 49.5 Å². The molecule has 1 N–H and O–H groups in total. The Hall–Kier alpha value is -1.68. The molecule has 3 aromatic rings. The number of nitrogens with zero attached hydrogens (tertiary/aromatic N) is 1. The van der Waals surface area contributed by atoms with Crippen molar-refractivity contribution >= 4 is 22.9 Å². The van der Waals surface area contributed by atoms with Crippen molar-refractivity contribution in [3.05, 3.63) is 64.5 Å². The molecule has 0 radical (unpaired) electrons. The zero-order valence-corrected chi connectivity index (χ0v) is 13.2. The number of aromatic nitrogens is 1. The molecule has 0 atom stereocenters. The van der Waals surface area contributed by atoms with Crippen molar-refractivity contribution in [3.63, 3.8) is 0 Å². The SMILES string of the molecule is CNCc1sc(-c2ccc(Cl)cc2)nc1-c1ccccc1. The van der Waals surface area contributed by atoms with Crippen molar-refractivity contribution < 1.29 is 0 Å². The Morgan fingerprint density at radius 1 is 1.00 bits per heavy atom. The second kappa shape index (κ2) is 6.39. The van der Waals surface area contributed by atoms with Crippen LogP contribution in [0.5, 0.6) is 0 Å². The minimum absolute atomic E-state index is 0.744. The van der Waals surface area contributed by atoms with Gasteiger partial charge in [-0.2, -0.15) is 0 Å². The van der Waals surface area contributed by atoms with Crippen molar-refractivity contribution in [2.45, 2.75) is 6.54 Å². The normalized spacial score (nSPS) is 10.8. The summed E-state index contributed by atoms with van der Waals surface area (Å²) in [5, 5.41) is 4.99. The van der Waals surface area contributed by atoms with Gasteiger partial charge in [-0.05, 0) is 19.2 Å². The predicted molar refractivity (Wildman–Crippen MR) is 90.8 cm³/mol. The van der Waals surface area contributed by atoms with Crippen molar-refractivity contribution in [2.24, 2.45) is 0 Å². The first-order valence-corrected chi connectivity index (χ1v) is 7.93. The average Bonchev–Trinajstić information content (AvgIpc) is 2.93. The molecule has 0 aliphatic rings. The number of rotatable bonds is 4. The highest BCUT2D eigenvalue weighted by molar-refractivity contribution is 7.15. The maximum Gasteiger partial charge on any atom is 0.124 e. The van der Waals surface area contributed by atoms with Crippen LogP contribution in [0.25, 0.3) is 21.8 Å². The fourth-order valence-electron chi connectivity index (χ4n) is 2.17. The highest BCUT2D eigenvalue weighted by atomic mass is 35.5. The quantitative estimate of drug-likeness (QED) is 0.744. The van der Waals surface area contributed by atoms with E-state index in [9.17, 15) is 0 Å². The highest BCUT2D eigenvalue weighted by Gasteiger charge is 2.13. The number of benzene rings is 2. The van der Waals surface area contributed by atoms with Crippen molar-refractivity contribution in [1.82, 2.24) is 10.3 Å². The summed E-state index contributed by atoms with van der Waals surface area (Å²) in [5.74, 6) is 0. The second-order valence-electron chi connectivity index (χ2n) is 4.69. The Kier molecular flexibility index (Phi) is 4.34. The Morgan fingerprint density at radius 2 is 1.71 bits per heavy atom. The fourth-order valence-corrected chi connectivity index (χ4v) is 3.40. The van der Waals surface area contributed by atoms with E-state index >= 15 is 0 Å². The summed E-state index contributed by atoms with van der Waals surface area (Å²) >= 11 is 7.68. The summed E-state index contributed by atoms with van der Waals surface area (Å²) in [6.07, 6.45) is 0. The summed E-state index contributed by atoms with van der Waals surface area (Å²) in [4.78, 5) is 6.08. The van der Waals surface area contributed by atoms with Crippen LogP contribution in [0.2, 0.25) is 5.02 Å². The topological polar surface area (TPSA) is 24.9 Å². The van der Waals surface area contributed by atoms with Gasteiger partial charge in [0.2, 0.25) is 0 Å². The van der Waals surface area contributed by atoms with E-state index in [0.29, 0.717) is 0 Å². The van der Waals surface area contributed by atoms with Crippen LogP contribution in [0.15, 0.2) is 54.6 Å². The van der Waals surface area contributed by atoms with E-state index in [1.54, 1.807) is 11.3 Å². The molecule has 0 unspecified atom stereocenters. The number of thiazole rings is 1. The molecule has 0 bridgehead atoms. The van der Waals surface area contributed by atoms with Gasteiger partial charge in [0.1, 0.15) is 5.01 Å². The number of hydrogen-bond donors (Lipinski definition) is 1. The summed E-state index contributed by atoms with van der Waals surface area (Å²) in [6.45, 7) is 0.815. The first-order chi connectivity index (χ1) is 10.3. The lowest BCUT2D eigenvalue weighted by Gasteiger charge is -2.00. The summed E-state index contributed by atoms with van der Waals surface area (Å²) in [7, 11) is 1.95. The highest BCUT2D eigenvalue weighted by Crippen LogP contribution is 2.34. The molecule has 0 saturated carbocycles. The van der Waals surface area contributed by atoms with E-state index in [2.05, 4.69) is 17.4 Å². The summed E-state index contributed by atoms with van der Waals surface area (Å²) in [5.41, 5.74) is 3.31. The molecule has 21 heavy (non-hydrogen) atoms. The van der Waals surface area contributed by atoms with Gasteiger partial charge >= 0.3 is 0 Å². The molecule has 106 valence electrons. The van der Waals surface area contributed by atoms with Gasteiger partial charge in [-0.15, -0.1) is 11.3 Å². The molecule has 4 heteroatoms. The zero-order valence-electron chi connectivity index (χ0n) is 11.6. The monoisotopic (exact) mass is 314 g/mol. The lowest BCUT2D eigenvalue weighted by atomic mass is 10.1. The third-order valence-electron chi connectivity index (χ3n) is 3.17. The molecule has 0 spiro atoms. The van der Waals surface area contributed by atoms with Gasteiger partial charge in [-0.1, -0.05) is 54.1 Å². The molecule has 0 amide bonds. The molecule has 2 aromatic carbocycles. The smallest absolute Gasteiger partial charge is 0.124 e. The van der Waals surface area contributed by atoms with E-state index in [0.717, 1.165) is 33.4 Å². The summed E-state index contributed by atoms with van der Waals surface area (Å²) in [6, 6.07) is 18.1. The molecule has 0 aliphatic heterocycles. The predicted octanol–water partition coefficient (Wildman–Crippen LogP) is 4.85. The second-order valence-corrected chi connectivity index (χ2v) is 6.21. The zero-order chi connectivity index (χ0) is 14.7. The van der Waals surface area contributed by atoms with Crippen molar-refractivity contribution in [2.75, 3.05) is 7.05 Å². The van der Waals surface area contributed by atoms with Crippen LogP contribution >= 0.6 is 22.9 Å². The molecule has 0 saturated heterocycles. The Labute approximate surface area is 133 Å². The van der Waals surface area contributed by atoms with Crippen LogP contribution in [0.1, 0.15) is 4.88 Å². The molecular weight excluding hydrogens is 300 g/mol. The Balaban J connectivity index is 2.06. The lowest BCUT2D eigenvalue weighted by molar-refractivity contribution is 0.831. The molecule has 0 aliphatic carbocycles. The molecule has 1 aromatic heterocycles. The third-order valence-corrected chi connectivity index (χ3v) is 4.53. The fraction of sp³-hybridized carbons (Fsp3) is 0.118. The first-order valence-electron chi connectivity index (χ1n) is 6.73. The van der Waals surface area contributed by atoms with Crippen LogP contribution in [-0.2, 0) is 6.54 Å². The van der Waals surface area contributed by atoms with Gasteiger partial charge in [-0.3, -0.25) is 0 Å². The molecule has 2 nitrogen and oxygen atoms in total. The molecular formula is C17H15ClN2S. The molecule has 3 rings (SSSR count). The van der Waals surface area contributed by atoms with Gasteiger partial charge in [0.15, 0.2) is 0 Å². The summed E-state index contributed by atoms with van der Waals surface area (Å²) < 4.78 is 0. The van der Waals surface area contributed by atoms with Crippen LogP contribution in [0.4, 0.5) is 0 Å². The minimum Gasteiger partial charge on any atom is -0.315 e. The van der Waals surface area contributed by atoms with E-state index in [4.69, 9.17) is 16.6 Å². The maximum absolute atomic E-state index is 5.95. The van der Waals surface area contributed by atoms with Crippen LogP contribution in [0.3, 0.4) is 0 Å². The van der Waals surface area contributed by atoms with Crippen LogP contribution in [-0.4, -0.2) is 12.0 Å². The third kappa shape index (κ3) is 3.16. The van der Waals surface area contributed by atoms with E-state index < -0.39 is 0 Å². The number of nitrogens with one attached hydrogen (secondary N) is 1. The lowest BCUT2D eigenvalue weighted by Crippen LogP contribution is -2.04. The molecule has 1 heterocycles. The minimum atomic E-state index is 0.744. The van der Waals surface area contributed by atoms with E-state index in [-0.39, 0.29) is 0 Å². The number of hydrogen-bond acceptors (Lipinski definition) is 3. The van der Waals surface area contributed by atoms with Gasteiger partial charge in [-0.25, -0.2) is 4.98 Å². The van der Waals surface area contributed by atoms with E-state index in [1.165, 1.54) is 4.88 Å². The molecule has 0 fully saturated rings. The van der Waals surface area contributed by atoms with Gasteiger partial charge in [0, 0.05) is 27.6 Å².